The number of nitrogens with zero attached hydrogens (tertiary/aromatic N) is 3. The van der Waals surface area contributed by atoms with Gasteiger partial charge in [-0.3, -0.25) is 0 Å². The molecule has 1 aromatic heterocycles. The number of nitrogen functional groups attached to an aromatic ring is 1. The third-order valence-corrected chi connectivity index (χ3v) is 3.81. The lowest BCUT2D eigenvalue weighted by atomic mass is 9.92. The molecule has 100 valence electrons. The number of hydrazine groups is 1. The average Bonchev–Trinajstić information content (AvgIpc) is 2.41. The van der Waals surface area contributed by atoms with Gasteiger partial charge in [-0.2, -0.15) is 0 Å². The molecule has 2 rings (SSSR count). The predicted octanol–water partition coefficient (Wildman–Crippen LogP) is 2.09. The number of piperidine rings is 1. The standard InChI is InChI=1S/C13H23N5/c1-3-4-11-5-7-18(8-6-11)13-10(2)12(17-14)15-9-16-13/h9,11H,3-8,14H2,1-2H3,(H,15,16,17). The molecule has 0 radical (unpaired) electrons. The van der Waals surface area contributed by atoms with Gasteiger partial charge in [-0.1, -0.05) is 19.8 Å². The fourth-order valence-corrected chi connectivity index (χ4v) is 2.75. The van der Waals surface area contributed by atoms with Crippen molar-refractivity contribution in [2.45, 2.75) is 39.5 Å². The topological polar surface area (TPSA) is 67.1 Å². The first kappa shape index (κ1) is 13.1. The van der Waals surface area contributed by atoms with E-state index in [1.807, 2.05) is 6.92 Å². The minimum Gasteiger partial charge on any atom is -0.356 e. The Bertz CT molecular complexity index is 385. The van der Waals surface area contributed by atoms with Gasteiger partial charge in [-0.05, 0) is 25.7 Å². The Hall–Kier alpha value is -1.36. The zero-order valence-corrected chi connectivity index (χ0v) is 11.3. The van der Waals surface area contributed by atoms with Crippen molar-refractivity contribution in [3.05, 3.63) is 11.9 Å². The van der Waals surface area contributed by atoms with Gasteiger partial charge in [0.2, 0.25) is 0 Å². The molecule has 0 bridgehead atoms. The summed E-state index contributed by atoms with van der Waals surface area (Å²) >= 11 is 0. The van der Waals surface area contributed by atoms with Crippen molar-refractivity contribution in [3.8, 4) is 0 Å². The van der Waals surface area contributed by atoms with Crippen LogP contribution in [-0.2, 0) is 0 Å². The average molecular weight is 249 g/mol. The summed E-state index contributed by atoms with van der Waals surface area (Å²) in [6, 6.07) is 0. The number of nitrogens with one attached hydrogen (secondary N) is 1. The summed E-state index contributed by atoms with van der Waals surface area (Å²) in [7, 11) is 0. The van der Waals surface area contributed by atoms with Crippen molar-refractivity contribution in [2.75, 3.05) is 23.4 Å². The van der Waals surface area contributed by atoms with Crippen LogP contribution in [0.3, 0.4) is 0 Å². The lowest BCUT2D eigenvalue weighted by Crippen LogP contribution is -2.35. The second-order valence-corrected chi connectivity index (χ2v) is 5.03. The number of nitrogens with two attached hydrogens (primary N) is 1. The second kappa shape index (κ2) is 6.00. The van der Waals surface area contributed by atoms with Gasteiger partial charge in [0, 0.05) is 18.7 Å². The van der Waals surface area contributed by atoms with Crippen LogP contribution in [0.1, 0.15) is 38.2 Å². The summed E-state index contributed by atoms with van der Waals surface area (Å²) in [5.74, 6) is 8.08. The molecule has 1 saturated heterocycles. The Morgan fingerprint density at radius 2 is 2.11 bits per heavy atom. The summed E-state index contributed by atoms with van der Waals surface area (Å²) in [4.78, 5) is 10.9. The molecule has 0 atom stereocenters. The van der Waals surface area contributed by atoms with Crippen molar-refractivity contribution < 1.29 is 0 Å². The quantitative estimate of drug-likeness (QED) is 0.632. The maximum absolute atomic E-state index is 5.45. The molecule has 0 saturated carbocycles. The zero-order valence-electron chi connectivity index (χ0n) is 11.3. The Morgan fingerprint density at radius 3 is 2.72 bits per heavy atom. The Morgan fingerprint density at radius 1 is 1.39 bits per heavy atom. The largest absolute Gasteiger partial charge is 0.356 e. The number of hydrogen-bond donors (Lipinski definition) is 2. The zero-order chi connectivity index (χ0) is 13.0. The minimum absolute atomic E-state index is 0.718. The first-order valence-electron chi connectivity index (χ1n) is 6.79. The molecule has 1 fully saturated rings. The summed E-state index contributed by atoms with van der Waals surface area (Å²) in [5, 5.41) is 0. The highest BCUT2D eigenvalue weighted by molar-refractivity contribution is 5.57. The van der Waals surface area contributed by atoms with Gasteiger partial charge in [0.1, 0.15) is 18.0 Å². The maximum atomic E-state index is 5.45. The summed E-state index contributed by atoms with van der Waals surface area (Å²) in [6.45, 7) is 6.46. The molecule has 0 unspecified atom stereocenters. The molecule has 0 amide bonds. The molecule has 1 aromatic rings. The van der Waals surface area contributed by atoms with E-state index in [1.54, 1.807) is 6.33 Å². The van der Waals surface area contributed by atoms with E-state index in [-0.39, 0.29) is 0 Å². The summed E-state index contributed by atoms with van der Waals surface area (Å²) in [6.07, 6.45) is 6.76. The van der Waals surface area contributed by atoms with Crippen molar-refractivity contribution in [3.63, 3.8) is 0 Å². The molecule has 5 heteroatoms. The second-order valence-electron chi connectivity index (χ2n) is 5.03. The fraction of sp³-hybridized carbons (Fsp3) is 0.692. The van der Waals surface area contributed by atoms with E-state index in [0.29, 0.717) is 0 Å². The first-order chi connectivity index (χ1) is 8.76. The Labute approximate surface area is 109 Å². The molecular formula is C13H23N5. The molecule has 1 aliphatic heterocycles. The normalized spacial score (nSPS) is 16.9. The SMILES string of the molecule is CCCC1CCN(c2ncnc(NN)c2C)CC1. The lowest BCUT2D eigenvalue weighted by Gasteiger charge is -2.33. The van der Waals surface area contributed by atoms with Crippen LogP contribution in [0.15, 0.2) is 6.33 Å². The summed E-state index contributed by atoms with van der Waals surface area (Å²) < 4.78 is 0. The molecule has 3 N–H and O–H groups in total. The molecular weight excluding hydrogens is 226 g/mol. The van der Waals surface area contributed by atoms with Gasteiger partial charge < -0.3 is 10.3 Å². The van der Waals surface area contributed by atoms with Gasteiger partial charge in [-0.15, -0.1) is 0 Å². The van der Waals surface area contributed by atoms with Crippen molar-refractivity contribution in [1.82, 2.24) is 9.97 Å². The van der Waals surface area contributed by atoms with Crippen molar-refractivity contribution in [2.24, 2.45) is 11.8 Å². The van der Waals surface area contributed by atoms with Crippen LogP contribution in [0.25, 0.3) is 0 Å². The van der Waals surface area contributed by atoms with E-state index in [1.165, 1.54) is 25.7 Å². The van der Waals surface area contributed by atoms with Crippen LogP contribution in [0.4, 0.5) is 11.6 Å². The number of rotatable bonds is 4. The molecule has 1 aliphatic rings. The van der Waals surface area contributed by atoms with Crippen LogP contribution in [-0.4, -0.2) is 23.1 Å². The molecule has 0 spiro atoms. The van der Waals surface area contributed by atoms with Crippen LogP contribution < -0.4 is 16.2 Å². The highest BCUT2D eigenvalue weighted by Gasteiger charge is 2.21. The predicted molar refractivity (Wildman–Crippen MR) is 74.4 cm³/mol. The van der Waals surface area contributed by atoms with Crippen LogP contribution in [0.2, 0.25) is 0 Å². The number of aromatic nitrogens is 2. The van der Waals surface area contributed by atoms with E-state index in [0.717, 1.165) is 36.2 Å². The fourth-order valence-electron chi connectivity index (χ4n) is 2.75. The van der Waals surface area contributed by atoms with E-state index < -0.39 is 0 Å². The first-order valence-corrected chi connectivity index (χ1v) is 6.79. The minimum atomic E-state index is 0.718. The van der Waals surface area contributed by atoms with Gasteiger partial charge in [0.15, 0.2) is 0 Å². The third kappa shape index (κ3) is 2.72. The molecule has 2 heterocycles. The van der Waals surface area contributed by atoms with Crippen LogP contribution in [0, 0.1) is 12.8 Å². The van der Waals surface area contributed by atoms with Crippen LogP contribution in [0.5, 0.6) is 0 Å². The smallest absolute Gasteiger partial charge is 0.148 e. The number of anilines is 2. The van der Waals surface area contributed by atoms with Crippen molar-refractivity contribution >= 4 is 11.6 Å². The Kier molecular flexibility index (Phi) is 4.36. The van der Waals surface area contributed by atoms with Gasteiger partial charge in [-0.25, -0.2) is 15.8 Å². The molecule has 5 nitrogen and oxygen atoms in total. The third-order valence-electron chi connectivity index (χ3n) is 3.81. The van der Waals surface area contributed by atoms with Gasteiger partial charge in [0.25, 0.3) is 0 Å². The van der Waals surface area contributed by atoms with E-state index in [4.69, 9.17) is 5.84 Å². The van der Waals surface area contributed by atoms with E-state index in [2.05, 4.69) is 27.2 Å². The van der Waals surface area contributed by atoms with E-state index >= 15 is 0 Å². The molecule has 0 aliphatic carbocycles. The van der Waals surface area contributed by atoms with Crippen molar-refractivity contribution in [1.29, 1.82) is 0 Å². The lowest BCUT2D eigenvalue weighted by molar-refractivity contribution is 0.377. The molecule has 18 heavy (non-hydrogen) atoms. The molecule has 0 aromatic carbocycles. The monoisotopic (exact) mass is 249 g/mol. The highest BCUT2D eigenvalue weighted by Crippen LogP contribution is 2.28. The van der Waals surface area contributed by atoms with Gasteiger partial charge >= 0.3 is 0 Å². The van der Waals surface area contributed by atoms with Gasteiger partial charge in [0.05, 0.1) is 0 Å². The van der Waals surface area contributed by atoms with E-state index in [9.17, 15) is 0 Å². The Balaban J connectivity index is 2.05. The van der Waals surface area contributed by atoms with Crippen LogP contribution >= 0.6 is 0 Å². The highest BCUT2D eigenvalue weighted by atomic mass is 15.3. The maximum Gasteiger partial charge on any atom is 0.148 e. The summed E-state index contributed by atoms with van der Waals surface area (Å²) in [5.41, 5.74) is 3.66. The number of hydrogen-bond acceptors (Lipinski definition) is 5.